The maximum Gasteiger partial charge on any atom is 0.409 e. The van der Waals surface area contributed by atoms with Crippen LogP contribution in [0.5, 0.6) is 0 Å². The summed E-state index contributed by atoms with van der Waals surface area (Å²) in [4.78, 5) is 34.7. The number of carbonyl (C=O) groups is 2. The standard InChI is InChI=1S/C28H28F3N9O3/c29-28(30,31)15-35-25(41)38-22-3-1-2-19(8-22)23-13-34-24-9-20(12-37-40(23)24)21(10-33)11-36-27(6-7-32)16-39(17-27)26(42)43-14-18-4-5-18/h1-3,8-13,18H,4-6,14-17,33H2,(H2,35,38,41)/b21-10+,36-11?. The number of benzene rings is 1. The molecule has 15 heteroatoms. The summed E-state index contributed by atoms with van der Waals surface area (Å²) in [5.41, 5.74) is 8.22. The number of urea groups is 1. The first-order valence-electron chi connectivity index (χ1n) is 13.4. The lowest BCUT2D eigenvalue weighted by Crippen LogP contribution is -2.62. The Bertz CT molecular complexity index is 1620. The van der Waals surface area contributed by atoms with Crippen molar-refractivity contribution in [3.8, 4) is 17.3 Å². The molecule has 2 aromatic heterocycles. The molecule has 3 aromatic rings. The van der Waals surface area contributed by atoms with Crippen LogP contribution in [0.25, 0.3) is 22.5 Å². The molecule has 5 rings (SSSR count). The maximum absolute atomic E-state index is 12.4. The summed E-state index contributed by atoms with van der Waals surface area (Å²) < 4.78 is 44.0. The second-order valence-electron chi connectivity index (χ2n) is 10.5. The van der Waals surface area contributed by atoms with E-state index in [1.165, 1.54) is 11.1 Å². The highest BCUT2D eigenvalue weighted by Crippen LogP contribution is 2.32. The van der Waals surface area contributed by atoms with Crippen LogP contribution in [0.4, 0.5) is 28.4 Å². The van der Waals surface area contributed by atoms with Gasteiger partial charge in [-0.15, -0.1) is 0 Å². The maximum atomic E-state index is 12.4. The van der Waals surface area contributed by atoms with Crippen molar-refractivity contribution in [2.45, 2.75) is 31.0 Å². The topological polar surface area (TPSA) is 163 Å². The van der Waals surface area contributed by atoms with E-state index in [2.05, 4.69) is 26.5 Å². The Labute approximate surface area is 244 Å². The van der Waals surface area contributed by atoms with Gasteiger partial charge in [-0.1, -0.05) is 12.1 Å². The quantitative estimate of drug-likeness (QED) is 0.315. The SMILES string of the molecule is N#CCC1(N=C/C(=C\N)c2cnn3c(-c4cccc(NC(=O)NCC(F)(F)F)c4)cnc3c2)CN(C(=O)OCC2CC2)C1. The van der Waals surface area contributed by atoms with Gasteiger partial charge in [0.2, 0.25) is 0 Å². The minimum atomic E-state index is -4.52. The number of imidazole rings is 1. The van der Waals surface area contributed by atoms with Crippen molar-refractivity contribution in [1.29, 1.82) is 5.26 Å². The van der Waals surface area contributed by atoms with Gasteiger partial charge in [0.05, 0.1) is 50.3 Å². The van der Waals surface area contributed by atoms with Gasteiger partial charge in [-0.3, -0.25) is 4.99 Å². The number of fused-ring (bicyclic) bond motifs is 1. The molecule has 3 amide bonds. The normalized spacial score (nSPS) is 16.5. The molecular formula is C28H28F3N9O3. The number of nitrogens with two attached hydrogens (primary N) is 1. The van der Waals surface area contributed by atoms with Crippen LogP contribution in [0.3, 0.4) is 0 Å². The number of allylic oxidation sites excluding steroid dienone is 1. The molecule has 1 saturated carbocycles. The van der Waals surface area contributed by atoms with Gasteiger partial charge in [-0.2, -0.15) is 23.5 Å². The van der Waals surface area contributed by atoms with Crippen LogP contribution in [-0.4, -0.2) is 75.8 Å². The molecule has 0 spiro atoms. The highest BCUT2D eigenvalue weighted by molar-refractivity contribution is 6.10. The number of rotatable bonds is 9. The summed E-state index contributed by atoms with van der Waals surface area (Å²) in [7, 11) is 0. The minimum absolute atomic E-state index is 0.118. The van der Waals surface area contributed by atoms with E-state index < -0.39 is 30.4 Å². The number of aliphatic imine (C=N–C) groups is 1. The molecule has 4 N–H and O–H groups in total. The van der Waals surface area contributed by atoms with Crippen LogP contribution in [0.2, 0.25) is 0 Å². The van der Waals surface area contributed by atoms with Crippen LogP contribution >= 0.6 is 0 Å². The number of likely N-dealkylation sites (tertiary alicyclic amines) is 1. The van der Waals surface area contributed by atoms with Crippen LogP contribution < -0.4 is 16.4 Å². The molecule has 1 aliphatic carbocycles. The van der Waals surface area contributed by atoms with Gasteiger partial charge in [0.1, 0.15) is 12.1 Å². The number of hydrogen-bond acceptors (Lipinski definition) is 8. The summed E-state index contributed by atoms with van der Waals surface area (Å²) >= 11 is 0. The second kappa shape index (κ2) is 12.0. The van der Waals surface area contributed by atoms with Crippen LogP contribution in [0, 0.1) is 17.2 Å². The van der Waals surface area contributed by atoms with E-state index >= 15 is 0 Å². The molecule has 1 aliphatic heterocycles. The number of nitrogens with zero attached hydrogens (tertiary/aromatic N) is 6. The first-order chi connectivity index (χ1) is 20.6. The van der Waals surface area contributed by atoms with Crippen molar-refractivity contribution in [3.63, 3.8) is 0 Å². The number of ether oxygens (including phenoxy) is 1. The van der Waals surface area contributed by atoms with Gasteiger partial charge < -0.3 is 26.0 Å². The van der Waals surface area contributed by atoms with Gasteiger partial charge in [0.15, 0.2) is 5.65 Å². The molecule has 224 valence electrons. The zero-order valence-electron chi connectivity index (χ0n) is 22.8. The fourth-order valence-electron chi connectivity index (χ4n) is 4.51. The van der Waals surface area contributed by atoms with Crippen molar-refractivity contribution in [2.24, 2.45) is 16.6 Å². The van der Waals surface area contributed by atoms with Crippen molar-refractivity contribution in [3.05, 3.63) is 54.5 Å². The number of aromatic nitrogens is 3. The number of halogens is 3. The molecule has 0 atom stereocenters. The Kier molecular flexibility index (Phi) is 8.20. The van der Waals surface area contributed by atoms with Gasteiger partial charge in [0.25, 0.3) is 0 Å². The minimum Gasteiger partial charge on any atom is -0.449 e. The molecule has 0 bridgehead atoms. The number of anilines is 1. The van der Waals surface area contributed by atoms with E-state index in [9.17, 15) is 28.0 Å². The summed E-state index contributed by atoms with van der Waals surface area (Å²) in [5, 5.41) is 18.0. The van der Waals surface area contributed by atoms with E-state index in [0.29, 0.717) is 40.6 Å². The number of hydrogen-bond donors (Lipinski definition) is 3. The molecule has 43 heavy (non-hydrogen) atoms. The lowest BCUT2D eigenvalue weighted by Gasteiger charge is -2.45. The number of amides is 3. The lowest BCUT2D eigenvalue weighted by molar-refractivity contribution is -0.122. The smallest absolute Gasteiger partial charge is 0.409 e. The number of carbonyl (C=O) groups excluding carboxylic acids is 2. The van der Waals surface area contributed by atoms with Crippen molar-refractivity contribution in [1.82, 2.24) is 24.8 Å². The Morgan fingerprint density at radius 2 is 2.05 bits per heavy atom. The Morgan fingerprint density at radius 1 is 1.26 bits per heavy atom. The molecule has 12 nitrogen and oxygen atoms in total. The predicted molar refractivity (Wildman–Crippen MR) is 151 cm³/mol. The monoisotopic (exact) mass is 595 g/mol. The highest BCUT2D eigenvalue weighted by atomic mass is 19.4. The Morgan fingerprint density at radius 3 is 2.74 bits per heavy atom. The lowest BCUT2D eigenvalue weighted by atomic mass is 9.88. The summed E-state index contributed by atoms with van der Waals surface area (Å²) in [6.07, 6.45) is 3.40. The van der Waals surface area contributed by atoms with Crippen LogP contribution in [0.15, 0.2) is 53.9 Å². The number of nitrogens with one attached hydrogen (secondary N) is 2. The zero-order chi connectivity index (χ0) is 30.6. The van der Waals surface area contributed by atoms with E-state index in [1.807, 2.05) is 0 Å². The van der Waals surface area contributed by atoms with Crippen molar-refractivity contribution < 1.29 is 27.5 Å². The number of nitriles is 1. The molecule has 2 fully saturated rings. The number of alkyl halides is 3. The fraction of sp³-hybridized carbons (Fsp3) is 0.357. The third kappa shape index (κ3) is 7.21. The van der Waals surface area contributed by atoms with Gasteiger partial charge in [-0.25, -0.2) is 19.1 Å². The molecule has 1 saturated heterocycles. The third-order valence-corrected chi connectivity index (χ3v) is 6.99. The fourth-order valence-corrected chi connectivity index (χ4v) is 4.51. The van der Waals surface area contributed by atoms with E-state index in [1.54, 1.807) is 58.8 Å². The molecule has 1 aromatic carbocycles. The summed E-state index contributed by atoms with van der Waals surface area (Å²) in [5.74, 6) is 0.455. The third-order valence-electron chi connectivity index (χ3n) is 6.99. The van der Waals surface area contributed by atoms with E-state index in [-0.39, 0.29) is 25.2 Å². The molecule has 2 aliphatic rings. The second-order valence-corrected chi connectivity index (χ2v) is 10.5. The summed E-state index contributed by atoms with van der Waals surface area (Å²) in [6.45, 7) is -0.511. The van der Waals surface area contributed by atoms with Crippen LogP contribution in [0.1, 0.15) is 24.8 Å². The van der Waals surface area contributed by atoms with Crippen LogP contribution in [-0.2, 0) is 4.74 Å². The summed E-state index contributed by atoms with van der Waals surface area (Å²) in [6, 6.07) is 9.41. The molecular weight excluding hydrogens is 567 g/mol. The zero-order valence-corrected chi connectivity index (χ0v) is 22.8. The highest BCUT2D eigenvalue weighted by Gasteiger charge is 2.46. The average molecular weight is 596 g/mol. The van der Waals surface area contributed by atoms with Gasteiger partial charge in [-0.05, 0) is 37.0 Å². The first kappa shape index (κ1) is 29.4. The van der Waals surface area contributed by atoms with Gasteiger partial charge in [0, 0.05) is 34.8 Å². The van der Waals surface area contributed by atoms with E-state index in [4.69, 9.17) is 10.5 Å². The Hall–Kier alpha value is -5.13. The largest absolute Gasteiger partial charge is 0.449 e. The molecule has 3 heterocycles. The molecule has 0 unspecified atom stereocenters. The first-order valence-corrected chi connectivity index (χ1v) is 13.4. The van der Waals surface area contributed by atoms with E-state index in [0.717, 1.165) is 12.8 Å². The average Bonchev–Trinajstić information content (AvgIpc) is 3.69. The Balaban J connectivity index is 1.27. The predicted octanol–water partition coefficient (Wildman–Crippen LogP) is 3.97. The van der Waals surface area contributed by atoms with Gasteiger partial charge >= 0.3 is 18.3 Å². The molecule has 0 radical (unpaired) electrons. The van der Waals surface area contributed by atoms with Crippen molar-refractivity contribution >= 4 is 35.2 Å². The van der Waals surface area contributed by atoms with Crippen molar-refractivity contribution in [2.75, 3.05) is 31.6 Å².